The zero-order chi connectivity index (χ0) is 24.2. The molecule has 0 radical (unpaired) electrons. The van der Waals surface area contributed by atoms with Crippen LogP contribution in [0.1, 0.15) is 11.4 Å². The maximum atomic E-state index is 12.9. The van der Waals surface area contributed by atoms with E-state index in [-0.39, 0.29) is 5.70 Å². The molecule has 2 aromatic carbocycles. The highest BCUT2D eigenvalue weighted by atomic mass is 16.5. The van der Waals surface area contributed by atoms with Crippen molar-refractivity contribution in [3.63, 3.8) is 0 Å². The number of aryl methyl sites for hydroxylation is 1. The van der Waals surface area contributed by atoms with E-state index in [0.29, 0.717) is 17.1 Å². The number of aromatic nitrogens is 1. The highest BCUT2D eigenvalue weighted by molar-refractivity contribution is 6.15. The summed E-state index contributed by atoms with van der Waals surface area (Å²) in [4.78, 5) is 38.6. The fourth-order valence-electron chi connectivity index (χ4n) is 3.64. The van der Waals surface area contributed by atoms with Crippen molar-refractivity contribution in [2.45, 2.75) is 6.92 Å². The van der Waals surface area contributed by atoms with Crippen molar-refractivity contribution in [2.75, 3.05) is 26.1 Å². The first-order valence-corrected chi connectivity index (χ1v) is 10.5. The van der Waals surface area contributed by atoms with Gasteiger partial charge in [-0.25, -0.2) is 9.69 Å². The Morgan fingerprint density at radius 3 is 2.18 bits per heavy atom. The summed E-state index contributed by atoms with van der Waals surface area (Å²) in [6.07, 6.45) is 1.60. The van der Waals surface area contributed by atoms with Gasteiger partial charge >= 0.3 is 6.03 Å². The van der Waals surface area contributed by atoms with E-state index in [9.17, 15) is 14.4 Å². The molecular formula is C25H24N4O5. The van der Waals surface area contributed by atoms with Crippen LogP contribution < -0.4 is 20.1 Å². The van der Waals surface area contributed by atoms with Crippen LogP contribution in [-0.2, 0) is 9.59 Å². The molecule has 174 valence electrons. The van der Waals surface area contributed by atoms with E-state index >= 15 is 0 Å². The smallest absolute Gasteiger partial charge is 0.329 e. The summed E-state index contributed by atoms with van der Waals surface area (Å²) in [5.74, 6) is 0.314. The van der Waals surface area contributed by atoms with Crippen molar-refractivity contribution in [1.82, 2.24) is 14.8 Å². The Balaban J connectivity index is 1.50. The minimum absolute atomic E-state index is 0.0927. The molecule has 0 aliphatic carbocycles. The predicted molar refractivity (Wildman–Crippen MR) is 127 cm³/mol. The monoisotopic (exact) mass is 460 g/mol. The van der Waals surface area contributed by atoms with Crippen molar-refractivity contribution in [1.29, 1.82) is 0 Å². The van der Waals surface area contributed by atoms with Crippen LogP contribution in [0.2, 0.25) is 0 Å². The Morgan fingerprint density at radius 2 is 1.56 bits per heavy atom. The molecule has 0 unspecified atom stereocenters. The molecule has 1 aliphatic heterocycles. The minimum Gasteiger partial charge on any atom is -0.497 e. The summed E-state index contributed by atoms with van der Waals surface area (Å²) in [6, 6.07) is 17.3. The Labute approximate surface area is 196 Å². The number of amides is 4. The maximum absolute atomic E-state index is 12.9. The molecule has 1 fully saturated rings. The van der Waals surface area contributed by atoms with Gasteiger partial charge < -0.3 is 24.7 Å². The van der Waals surface area contributed by atoms with Gasteiger partial charge in [0.2, 0.25) is 5.91 Å². The first-order chi connectivity index (χ1) is 16.4. The van der Waals surface area contributed by atoms with Gasteiger partial charge in [-0.3, -0.25) is 9.59 Å². The highest BCUT2D eigenvalue weighted by Gasteiger charge is 2.35. The molecule has 0 atom stereocenters. The number of hydrogen-bond donors (Lipinski definition) is 2. The molecule has 4 amide bonds. The Kier molecular flexibility index (Phi) is 6.35. The van der Waals surface area contributed by atoms with Gasteiger partial charge in [-0.2, -0.15) is 0 Å². The number of ether oxygens (including phenoxy) is 2. The van der Waals surface area contributed by atoms with E-state index in [2.05, 4.69) is 10.6 Å². The normalized spacial score (nSPS) is 14.3. The molecule has 1 saturated heterocycles. The third-order valence-corrected chi connectivity index (χ3v) is 5.37. The van der Waals surface area contributed by atoms with E-state index in [4.69, 9.17) is 9.47 Å². The summed E-state index contributed by atoms with van der Waals surface area (Å²) >= 11 is 0. The predicted octanol–water partition coefficient (Wildman–Crippen LogP) is 3.33. The number of imide groups is 1. The SMILES string of the molecule is COc1ccc(NC(=O)CN2C(=O)N/C(=C\c3ccc(C)n3-c3ccc(OC)cc3)C2=O)cc1. The van der Waals surface area contributed by atoms with Gasteiger partial charge in [-0.05, 0) is 73.7 Å². The quantitative estimate of drug-likeness (QED) is 0.416. The number of nitrogens with one attached hydrogen (secondary N) is 2. The molecule has 2 N–H and O–H groups in total. The van der Waals surface area contributed by atoms with Crippen molar-refractivity contribution in [3.05, 3.63) is 77.7 Å². The number of nitrogens with zero attached hydrogens (tertiary/aromatic N) is 2. The molecule has 4 rings (SSSR count). The van der Waals surface area contributed by atoms with Gasteiger partial charge in [0.05, 0.1) is 14.2 Å². The zero-order valence-corrected chi connectivity index (χ0v) is 19.0. The van der Waals surface area contributed by atoms with Crippen LogP contribution in [-0.4, -0.2) is 48.1 Å². The second kappa shape index (κ2) is 9.53. The molecule has 0 bridgehead atoms. The van der Waals surface area contributed by atoms with Crippen molar-refractivity contribution < 1.29 is 23.9 Å². The summed E-state index contributed by atoms with van der Waals surface area (Å²) < 4.78 is 12.3. The lowest BCUT2D eigenvalue weighted by Crippen LogP contribution is -2.38. The number of hydrogen-bond acceptors (Lipinski definition) is 5. The van der Waals surface area contributed by atoms with Crippen LogP contribution >= 0.6 is 0 Å². The van der Waals surface area contributed by atoms with Crippen LogP contribution in [0.15, 0.2) is 66.4 Å². The Hall–Kier alpha value is -4.53. The molecule has 1 aromatic heterocycles. The molecule has 0 saturated carbocycles. The number of anilines is 1. The van der Waals surface area contributed by atoms with Crippen LogP contribution in [0.25, 0.3) is 11.8 Å². The fourth-order valence-corrected chi connectivity index (χ4v) is 3.64. The maximum Gasteiger partial charge on any atom is 0.329 e. The largest absolute Gasteiger partial charge is 0.497 e. The number of carbonyl (C=O) groups is 3. The first kappa shape index (κ1) is 22.7. The summed E-state index contributed by atoms with van der Waals surface area (Å²) in [5.41, 5.74) is 3.15. The number of benzene rings is 2. The van der Waals surface area contributed by atoms with Crippen LogP contribution in [0.4, 0.5) is 10.5 Å². The Morgan fingerprint density at radius 1 is 0.941 bits per heavy atom. The zero-order valence-electron chi connectivity index (χ0n) is 19.0. The van der Waals surface area contributed by atoms with Crippen molar-refractivity contribution >= 4 is 29.6 Å². The van der Waals surface area contributed by atoms with E-state index < -0.39 is 24.4 Å². The number of carbonyl (C=O) groups excluding carboxylic acids is 3. The topological polar surface area (TPSA) is 102 Å². The van der Waals surface area contributed by atoms with Gasteiger partial charge in [0, 0.05) is 22.8 Å². The fraction of sp³-hybridized carbons (Fsp3) is 0.160. The van der Waals surface area contributed by atoms with E-state index in [1.807, 2.05) is 47.9 Å². The second-order valence-electron chi connectivity index (χ2n) is 7.59. The van der Waals surface area contributed by atoms with Crippen molar-refractivity contribution in [3.8, 4) is 17.2 Å². The summed E-state index contributed by atoms with van der Waals surface area (Å²) in [6.45, 7) is 1.53. The molecule has 3 aromatic rings. The third kappa shape index (κ3) is 4.63. The van der Waals surface area contributed by atoms with Gasteiger partial charge in [0.25, 0.3) is 5.91 Å². The van der Waals surface area contributed by atoms with Gasteiger partial charge in [0.15, 0.2) is 0 Å². The first-order valence-electron chi connectivity index (χ1n) is 10.5. The van der Waals surface area contributed by atoms with Gasteiger partial charge in [0.1, 0.15) is 23.7 Å². The molecule has 1 aliphatic rings. The average molecular weight is 460 g/mol. The van der Waals surface area contributed by atoms with Crippen LogP contribution in [0.3, 0.4) is 0 Å². The highest BCUT2D eigenvalue weighted by Crippen LogP contribution is 2.23. The lowest BCUT2D eigenvalue weighted by molar-refractivity contribution is -0.127. The summed E-state index contributed by atoms with van der Waals surface area (Å²) in [5, 5.41) is 5.23. The second-order valence-corrected chi connectivity index (χ2v) is 7.59. The van der Waals surface area contributed by atoms with Gasteiger partial charge in [-0.15, -0.1) is 0 Å². The number of methoxy groups -OCH3 is 2. The lowest BCUT2D eigenvalue weighted by Gasteiger charge is -2.12. The number of rotatable bonds is 7. The lowest BCUT2D eigenvalue weighted by atomic mass is 10.2. The molecule has 9 heteroatoms. The minimum atomic E-state index is -0.652. The van der Waals surface area contributed by atoms with E-state index in [1.54, 1.807) is 44.6 Å². The van der Waals surface area contributed by atoms with Crippen LogP contribution in [0.5, 0.6) is 11.5 Å². The third-order valence-electron chi connectivity index (χ3n) is 5.37. The van der Waals surface area contributed by atoms with Gasteiger partial charge in [-0.1, -0.05) is 0 Å². The molecule has 9 nitrogen and oxygen atoms in total. The average Bonchev–Trinajstić information content (AvgIpc) is 3.33. The summed E-state index contributed by atoms with van der Waals surface area (Å²) in [7, 11) is 3.15. The number of urea groups is 1. The van der Waals surface area contributed by atoms with E-state index in [0.717, 1.165) is 22.0 Å². The van der Waals surface area contributed by atoms with Crippen molar-refractivity contribution in [2.24, 2.45) is 0 Å². The van der Waals surface area contributed by atoms with Crippen LogP contribution in [0, 0.1) is 6.92 Å². The Bertz CT molecular complexity index is 1260. The molecule has 2 heterocycles. The molecular weight excluding hydrogens is 436 g/mol. The molecule has 0 spiro atoms. The van der Waals surface area contributed by atoms with E-state index in [1.165, 1.54) is 0 Å². The molecule has 34 heavy (non-hydrogen) atoms. The standard InChI is InChI=1S/C25H24N4O5/c1-16-4-7-19(29(16)18-8-12-21(34-3)13-9-18)14-22-24(31)28(25(32)27-22)15-23(30)26-17-5-10-20(33-2)11-6-17/h4-14H,15H2,1-3H3,(H,26,30)(H,27,32)/b22-14-.